The predicted octanol–water partition coefficient (Wildman–Crippen LogP) is 3.59. The van der Waals surface area contributed by atoms with Crippen LogP contribution in [0.25, 0.3) is 0 Å². The Kier molecular flexibility index (Phi) is 4.28. The number of hydrogen-bond donors (Lipinski definition) is 0. The van der Waals surface area contributed by atoms with Crippen molar-refractivity contribution < 1.29 is 22.7 Å². The van der Waals surface area contributed by atoms with Gasteiger partial charge in [-0.2, -0.15) is 18.3 Å². The summed E-state index contributed by atoms with van der Waals surface area (Å²) in [6, 6.07) is 1.78. The molecule has 0 aromatic carbocycles. The van der Waals surface area contributed by atoms with Gasteiger partial charge in [-0.3, -0.25) is 4.68 Å². The Morgan fingerprint density at radius 2 is 1.88 bits per heavy atom. The summed E-state index contributed by atoms with van der Waals surface area (Å²) >= 11 is 0. The van der Waals surface area contributed by atoms with E-state index >= 15 is 0 Å². The monoisotopic (exact) mass is 359 g/mol. The number of hydrogen-bond acceptors (Lipinski definition) is 3. The standard InChI is InChI=1S/C17H24F3N3O2/c1-5-10-6-13(23(21-10)9-17(18,19)20)14-11-7-22(8-12(11)14)15(24)25-16(2,3)4/h6,11-12,14H,5,7-9H2,1-4H3. The van der Waals surface area contributed by atoms with Crippen molar-refractivity contribution in [3.05, 3.63) is 17.5 Å². The van der Waals surface area contributed by atoms with Crippen molar-refractivity contribution in [1.29, 1.82) is 0 Å². The molecule has 0 radical (unpaired) electrons. The summed E-state index contributed by atoms with van der Waals surface area (Å²) in [6.07, 6.45) is -4.04. The van der Waals surface area contributed by atoms with Crippen LogP contribution >= 0.6 is 0 Å². The Bertz CT molecular complexity index is 651. The molecule has 2 heterocycles. The van der Waals surface area contributed by atoms with E-state index in [2.05, 4.69) is 5.10 Å². The summed E-state index contributed by atoms with van der Waals surface area (Å²) < 4.78 is 44.9. The van der Waals surface area contributed by atoms with Crippen molar-refractivity contribution in [2.75, 3.05) is 13.1 Å². The number of rotatable bonds is 3. The average molecular weight is 359 g/mol. The fourth-order valence-electron chi connectivity index (χ4n) is 3.67. The Balaban J connectivity index is 1.68. The third-order valence-corrected chi connectivity index (χ3v) is 4.74. The third-order valence-electron chi connectivity index (χ3n) is 4.74. The highest BCUT2D eigenvalue weighted by Gasteiger charge is 2.59. The zero-order valence-electron chi connectivity index (χ0n) is 14.9. The number of ether oxygens (including phenoxy) is 1. The molecule has 2 atom stereocenters. The molecular formula is C17H24F3N3O2. The van der Waals surface area contributed by atoms with Gasteiger partial charge < -0.3 is 9.64 Å². The van der Waals surface area contributed by atoms with Crippen LogP contribution in [0.2, 0.25) is 0 Å². The van der Waals surface area contributed by atoms with Crippen LogP contribution in [0, 0.1) is 11.8 Å². The summed E-state index contributed by atoms with van der Waals surface area (Å²) in [7, 11) is 0. The van der Waals surface area contributed by atoms with Gasteiger partial charge in [-0.05, 0) is 45.1 Å². The number of amides is 1. The van der Waals surface area contributed by atoms with Gasteiger partial charge in [0.2, 0.25) is 0 Å². The Morgan fingerprint density at radius 3 is 2.36 bits per heavy atom. The van der Waals surface area contributed by atoms with E-state index in [4.69, 9.17) is 4.74 Å². The van der Waals surface area contributed by atoms with Gasteiger partial charge in [0.15, 0.2) is 0 Å². The lowest BCUT2D eigenvalue weighted by Crippen LogP contribution is -2.37. The molecule has 0 bridgehead atoms. The summed E-state index contributed by atoms with van der Waals surface area (Å²) in [5, 5.41) is 4.10. The molecule has 1 amide bonds. The molecule has 8 heteroatoms. The first-order valence-electron chi connectivity index (χ1n) is 8.60. The van der Waals surface area contributed by atoms with Crippen LogP contribution in [0.1, 0.15) is 45.0 Å². The summed E-state index contributed by atoms with van der Waals surface area (Å²) in [6.45, 7) is 7.31. The van der Waals surface area contributed by atoms with E-state index in [-0.39, 0.29) is 23.8 Å². The van der Waals surface area contributed by atoms with Gasteiger partial charge in [-0.15, -0.1) is 0 Å². The van der Waals surface area contributed by atoms with Crippen LogP contribution in [0.5, 0.6) is 0 Å². The largest absolute Gasteiger partial charge is 0.444 e. The lowest BCUT2D eigenvalue weighted by atomic mass is 10.1. The molecule has 0 spiro atoms. The van der Waals surface area contributed by atoms with Crippen molar-refractivity contribution in [1.82, 2.24) is 14.7 Å². The Morgan fingerprint density at radius 1 is 1.28 bits per heavy atom. The number of alkyl halides is 3. The van der Waals surface area contributed by atoms with E-state index in [9.17, 15) is 18.0 Å². The molecule has 140 valence electrons. The van der Waals surface area contributed by atoms with Crippen LogP contribution in [0.4, 0.5) is 18.0 Å². The van der Waals surface area contributed by atoms with E-state index in [1.165, 1.54) is 0 Å². The number of aryl methyl sites for hydroxylation is 1. The van der Waals surface area contributed by atoms with E-state index in [0.29, 0.717) is 30.9 Å². The first-order valence-corrected chi connectivity index (χ1v) is 8.60. The molecule has 25 heavy (non-hydrogen) atoms. The van der Waals surface area contributed by atoms with Crippen LogP contribution in [0.3, 0.4) is 0 Å². The molecule has 5 nitrogen and oxygen atoms in total. The maximum atomic E-state index is 12.8. The number of fused-ring (bicyclic) bond motifs is 1. The van der Waals surface area contributed by atoms with Crippen LogP contribution < -0.4 is 0 Å². The number of piperidine rings is 1. The van der Waals surface area contributed by atoms with Crippen molar-refractivity contribution in [3.8, 4) is 0 Å². The highest BCUT2D eigenvalue weighted by Crippen LogP contribution is 2.58. The molecule has 1 aromatic heterocycles. The smallest absolute Gasteiger partial charge is 0.410 e. The summed E-state index contributed by atoms with van der Waals surface area (Å²) in [4.78, 5) is 13.8. The van der Waals surface area contributed by atoms with Gasteiger partial charge in [-0.25, -0.2) is 4.79 Å². The van der Waals surface area contributed by atoms with Gasteiger partial charge >= 0.3 is 12.3 Å². The van der Waals surface area contributed by atoms with E-state index in [1.54, 1.807) is 11.0 Å². The zero-order chi connectivity index (χ0) is 18.6. The quantitative estimate of drug-likeness (QED) is 0.829. The first kappa shape index (κ1) is 18.1. The van der Waals surface area contributed by atoms with Crippen LogP contribution in [-0.2, 0) is 17.7 Å². The minimum atomic E-state index is -4.29. The first-order chi connectivity index (χ1) is 11.5. The third kappa shape index (κ3) is 3.93. The SMILES string of the molecule is CCc1cc(C2C3CN(C(=O)OC(C)(C)C)CC32)n(CC(F)(F)F)n1. The highest BCUT2D eigenvalue weighted by molar-refractivity contribution is 5.69. The maximum Gasteiger partial charge on any atom is 0.410 e. The molecule has 3 rings (SSSR count). The second-order valence-corrected chi connectivity index (χ2v) is 7.93. The molecule has 0 N–H and O–H groups in total. The molecule has 2 unspecified atom stereocenters. The molecule has 1 aliphatic carbocycles. The topological polar surface area (TPSA) is 47.4 Å². The number of carbonyl (C=O) groups excluding carboxylic acids is 1. The van der Waals surface area contributed by atoms with E-state index < -0.39 is 18.3 Å². The Hall–Kier alpha value is -1.73. The minimum absolute atomic E-state index is 0.0498. The fourth-order valence-corrected chi connectivity index (χ4v) is 3.67. The van der Waals surface area contributed by atoms with E-state index in [1.807, 2.05) is 27.7 Å². The zero-order valence-corrected chi connectivity index (χ0v) is 14.9. The molecule has 2 fully saturated rings. The number of carbonyl (C=O) groups is 1. The average Bonchev–Trinajstić information content (AvgIpc) is 2.83. The van der Waals surface area contributed by atoms with Gasteiger partial charge in [0.1, 0.15) is 12.1 Å². The minimum Gasteiger partial charge on any atom is -0.444 e. The summed E-state index contributed by atoms with van der Waals surface area (Å²) in [5.74, 6) is 0.440. The van der Waals surface area contributed by atoms with Crippen molar-refractivity contribution in [2.24, 2.45) is 11.8 Å². The lowest BCUT2D eigenvalue weighted by molar-refractivity contribution is -0.143. The molecule has 1 saturated heterocycles. The van der Waals surface area contributed by atoms with Gasteiger partial charge in [0.05, 0.1) is 5.69 Å². The molecule has 1 saturated carbocycles. The summed E-state index contributed by atoms with van der Waals surface area (Å²) in [5.41, 5.74) is 0.770. The number of halogens is 3. The fraction of sp³-hybridized carbons (Fsp3) is 0.765. The molecule has 1 aliphatic heterocycles. The van der Waals surface area contributed by atoms with Crippen molar-refractivity contribution in [3.63, 3.8) is 0 Å². The number of likely N-dealkylation sites (tertiary alicyclic amines) is 1. The molecule has 1 aromatic rings. The van der Waals surface area contributed by atoms with Gasteiger partial charge in [0.25, 0.3) is 0 Å². The second kappa shape index (κ2) is 5.92. The van der Waals surface area contributed by atoms with Gasteiger partial charge in [0, 0.05) is 24.7 Å². The lowest BCUT2D eigenvalue weighted by Gasteiger charge is -2.26. The molecular weight excluding hydrogens is 335 g/mol. The second-order valence-electron chi connectivity index (χ2n) is 7.93. The van der Waals surface area contributed by atoms with Crippen LogP contribution in [-0.4, -0.2) is 45.6 Å². The predicted molar refractivity (Wildman–Crippen MR) is 85.2 cm³/mol. The maximum absolute atomic E-state index is 12.8. The van der Waals surface area contributed by atoms with Crippen LogP contribution in [0.15, 0.2) is 6.07 Å². The van der Waals surface area contributed by atoms with Gasteiger partial charge in [-0.1, -0.05) is 6.92 Å². The highest BCUT2D eigenvalue weighted by atomic mass is 19.4. The molecule has 2 aliphatic rings. The normalized spacial score (nSPS) is 25.9. The van der Waals surface area contributed by atoms with Crippen molar-refractivity contribution in [2.45, 2.75) is 58.4 Å². The van der Waals surface area contributed by atoms with Crippen molar-refractivity contribution >= 4 is 6.09 Å². The number of aromatic nitrogens is 2. The van der Waals surface area contributed by atoms with E-state index in [0.717, 1.165) is 4.68 Å². The Labute approximate surface area is 145 Å². The number of nitrogens with zero attached hydrogens (tertiary/aromatic N) is 3.